The molecule has 0 bridgehead atoms. The van der Waals surface area contributed by atoms with Crippen LogP contribution in [0.2, 0.25) is 0 Å². The van der Waals surface area contributed by atoms with Gasteiger partial charge in [-0.05, 0) is 54.3 Å². The molecule has 0 saturated heterocycles. The summed E-state index contributed by atoms with van der Waals surface area (Å²) in [7, 11) is -1.57. The van der Waals surface area contributed by atoms with Crippen LogP contribution in [0.1, 0.15) is 29.2 Å². The van der Waals surface area contributed by atoms with Crippen molar-refractivity contribution in [1.82, 2.24) is 4.72 Å². The van der Waals surface area contributed by atoms with Gasteiger partial charge >= 0.3 is 6.36 Å². The van der Waals surface area contributed by atoms with Crippen molar-refractivity contribution in [3.05, 3.63) is 89.5 Å². The van der Waals surface area contributed by atoms with Gasteiger partial charge in [-0.25, -0.2) is 4.21 Å². The maximum atomic E-state index is 12.5. The summed E-state index contributed by atoms with van der Waals surface area (Å²) in [6.45, 7) is 0. The lowest BCUT2D eigenvalue weighted by molar-refractivity contribution is -0.274. The van der Waals surface area contributed by atoms with Crippen molar-refractivity contribution in [2.45, 2.75) is 25.3 Å². The fourth-order valence-electron chi connectivity index (χ4n) is 4.06. The molecule has 0 aromatic heterocycles. The van der Waals surface area contributed by atoms with Gasteiger partial charge in [0.1, 0.15) is 29.1 Å². The lowest BCUT2D eigenvalue weighted by Gasteiger charge is -2.16. The zero-order valence-corrected chi connectivity index (χ0v) is 18.8. The first-order valence-corrected chi connectivity index (χ1v) is 11.8. The van der Waals surface area contributed by atoms with Crippen LogP contribution in [0.4, 0.5) is 13.2 Å². The third-order valence-electron chi connectivity index (χ3n) is 5.51. The topological polar surface area (TPSA) is 73.9 Å². The van der Waals surface area contributed by atoms with Gasteiger partial charge in [-0.2, -0.15) is 0 Å². The van der Waals surface area contributed by atoms with Crippen LogP contribution in [0.15, 0.2) is 72.8 Å². The Labute approximate surface area is 200 Å². The molecule has 2 aliphatic rings. The second-order valence-corrected chi connectivity index (χ2v) is 9.04. The van der Waals surface area contributed by atoms with Crippen LogP contribution in [0, 0.1) is 0 Å². The monoisotopic (exact) mass is 501 g/mol. The first-order chi connectivity index (χ1) is 16.7. The van der Waals surface area contributed by atoms with Crippen molar-refractivity contribution >= 4 is 21.8 Å². The molecule has 0 radical (unpaired) electrons. The number of hydrogen-bond acceptors (Lipinski definition) is 5. The molecule has 5 rings (SSSR count). The van der Waals surface area contributed by atoms with Crippen molar-refractivity contribution in [3.63, 3.8) is 0 Å². The molecule has 1 amide bonds. The summed E-state index contributed by atoms with van der Waals surface area (Å²) in [5, 5.41) is 0. The Kier molecular flexibility index (Phi) is 5.98. The number of carbonyl (C=O) groups excluding carboxylic acids is 1. The Morgan fingerprint density at radius 3 is 2.40 bits per heavy atom. The third-order valence-corrected chi connectivity index (χ3v) is 6.65. The molecule has 6 nitrogen and oxygen atoms in total. The number of hydrogen-bond donors (Lipinski definition) is 1. The van der Waals surface area contributed by atoms with E-state index < -0.39 is 17.3 Å². The van der Waals surface area contributed by atoms with E-state index in [0.717, 1.165) is 11.1 Å². The van der Waals surface area contributed by atoms with Crippen LogP contribution in [-0.4, -0.2) is 16.5 Å². The molecule has 1 heterocycles. The summed E-state index contributed by atoms with van der Waals surface area (Å²) in [5.41, 5.74) is 2.52. The predicted molar refractivity (Wildman–Crippen MR) is 122 cm³/mol. The number of ether oxygens (including phenoxy) is 3. The van der Waals surface area contributed by atoms with Crippen molar-refractivity contribution in [1.29, 1.82) is 0 Å². The van der Waals surface area contributed by atoms with E-state index >= 15 is 0 Å². The van der Waals surface area contributed by atoms with E-state index in [1.54, 1.807) is 42.5 Å². The second kappa shape index (κ2) is 9.10. The molecule has 1 unspecified atom stereocenters. The van der Waals surface area contributed by atoms with Crippen molar-refractivity contribution in [3.8, 4) is 23.0 Å². The first-order valence-electron chi connectivity index (χ1n) is 10.6. The number of rotatable bonds is 6. The van der Waals surface area contributed by atoms with Crippen molar-refractivity contribution in [2.75, 3.05) is 0 Å². The van der Waals surface area contributed by atoms with Crippen LogP contribution < -0.4 is 18.9 Å². The van der Waals surface area contributed by atoms with E-state index in [1.165, 1.54) is 24.3 Å². The average Bonchev–Trinajstić information content (AvgIpc) is 3.36. The number of nitrogens with one attached hydrogen (secondary N) is 1. The Hall–Kier alpha value is -3.79. The third kappa shape index (κ3) is 5.17. The molecule has 2 atom stereocenters. The van der Waals surface area contributed by atoms with Gasteiger partial charge in [-0.3, -0.25) is 9.52 Å². The van der Waals surface area contributed by atoms with Crippen molar-refractivity contribution < 1.29 is 36.4 Å². The molecule has 0 fully saturated rings. The maximum Gasteiger partial charge on any atom is 0.573 e. The van der Waals surface area contributed by atoms with E-state index in [4.69, 9.17) is 9.47 Å². The minimum Gasteiger partial charge on any atom is -0.486 e. The Balaban J connectivity index is 1.31. The number of carbonyl (C=O) groups is 1. The zero-order valence-electron chi connectivity index (χ0n) is 18.0. The molecule has 1 aliphatic carbocycles. The summed E-state index contributed by atoms with van der Waals surface area (Å²) < 4.78 is 67.9. The Bertz CT molecular complexity index is 1340. The highest BCUT2D eigenvalue weighted by molar-refractivity contribution is 7.93. The standard InChI is InChI=1S/C25H18F3NO5S/c26-25(27,28)34-18-4-1-3-17(13-18)33-21-6-2-5-19-20(21)11-12-22(19)32-16-9-7-15(8-10-16)23-14-24(30)29-35(23)31/h1-10,13-14,22H,11-12H2,(H,29,30)/t22-,35?/m1/s1. The number of fused-ring (bicyclic) bond motifs is 1. The fraction of sp³-hybridized carbons (Fsp3) is 0.160. The van der Waals surface area contributed by atoms with Gasteiger partial charge in [0, 0.05) is 17.7 Å². The normalized spacial score (nSPS) is 19.1. The van der Waals surface area contributed by atoms with Gasteiger partial charge in [-0.15, -0.1) is 13.2 Å². The molecule has 180 valence electrons. The summed E-state index contributed by atoms with van der Waals surface area (Å²) >= 11 is 0. The molecule has 3 aromatic carbocycles. The van der Waals surface area contributed by atoms with Crippen LogP contribution >= 0.6 is 0 Å². The fourth-order valence-corrected chi connectivity index (χ4v) is 4.98. The van der Waals surface area contributed by atoms with E-state index in [-0.39, 0.29) is 23.5 Å². The summed E-state index contributed by atoms with van der Waals surface area (Å²) in [6, 6.07) is 17.9. The van der Waals surface area contributed by atoms with E-state index in [2.05, 4.69) is 9.46 Å². The zero-order chi connectivity index (χ0) is 24.6. The Morgan fingerprint density at radius 1 is 0.943 bits per heavy atom. The number of amides is 1. The van der Waals surface area contributed by atoms with Gasteiger partial charge in [0.25, 0.3) is 5.91 Å². The molecule has 35 heavy (non-hydrogen) atoms. The molecule has 3 aromatic rings. The highest BCUT2D eigenvalue weighted by Crippen LogP contribution is 2.41. The van der Waals surface area contributed by atoms with E-state index in [0.29, 0.717) is 34.8 Å². The summed E-state index contributed by atoms with van der Waals surface area (Å²) in [6.07, 6.45) is -2.34. The molecule has 1 aliphatic heterocycles. The summed E-state index contributed by atoms with van der Waals surface area (Å²) in [5.74, 6) is 0.634. The largest absolute Gasteiger partial charge is 0.573 e. The molecule has 10 heteroatoms. The van der Waals surface area contributed by atoms with Crippen LogP contribution in [0.5, 0.6) is 23.0 Å². The van der Waals surface area contributed by atoms with E-state index in [1.807, 2.05) is 6.07 Å². The van der Waals surface area contributed by atoms with Gasteiger partial charge in [0.05, 0.1) is 4.91 Å². The predicted octanol–water partition coefficient (Wildman–Crippen LogP) is 5.58. The number of alkyl halides is 3. The van der Waals surface area contributed by atoms with Gasteiger partial charge < -0.3 is 14.2 Å². The SMILES string of the molecule is O=C1C=C(c2ccc(O[C@@H]3CCc4c(Oc5cccc(OC(F)(F)F)c5)cccc43)cc2)S(=O)N1. The highest BCUT2D eigenvalue weighted by Gasteiger charge is 2.31. The van der Waals surface area contributed by atoms with E-state index in [9.17, 15) is 22.2 Å². The van der Waals surface area contributed by atoms with Crippen LogP contribution in [-0.2, 0) is 22.2 Å². The van der Waals surface area contributed by atoms with Gasteiger partial charge in [-0.1, -0.05) is 30.3 Å². The molecule has 0 spiro atoms. The van der Waals surface area contributed by atoms with Crippen LogP contribution in [0.25, 0.3) is 4.91 Å². The smallest absolute Gasteiger partial charge is 0.486 e. The maximum absolute atomic E-state index is 12.5. The van der Waals surface area contributed by atoms with Crippen LogP contribution in [0.3, 0.4) is 0 Å². The molecular weight excluding hydrogens is 483 g/mol. The lowest BCUT2D eigenvalue weighted by Crippen LogP contribution is -2.17. The number of halogens is 3. The minimum atomic E-state index is -4.78. The Morgan fingerprint density at radius 2 is 1.69 bits per heavy atom. The second-order valence-electron chi connectivity index (χ2n) is 7.86. The average molecular weight is 501 g/mol. The van der Waals surface area contributed by atoms with Gasteiger partial charge in [0.15, 0.2) is 11.0 Å². The molecule has 0 saturated carbocycles. The molecule has 1 N–H and O–H groups in total. The first kappa shape index (κ1) is 23.0. The van der Waals surface area contributed by atoms with Crippen molar-refractivity contribution in [2.24, 2.45) is 0 Å². The van der Waals surface area contributed by atoms with Gasteiger partial charge in [0.2, 0.25) is 0 Å². The summed E-state index contributed by atoms with van der Waals surface area (Å²) in [4.78, 5) is 11.8. The minimum absolute atomic E-state index is 0.228. The number of benzene rings is 3. The quantitative estimate of drug-likeness (QED) is 0.478. The highest BCUT2D eigenvalue weighted by atomic mass is 32.2. The molecular formula is C25H18F3NO5S. The lowest BCUT2D eigenvalue weighted by atomic mass is 10.1.